The summed E-state index contributed by atoms with van der Waals surface area (Å²) in [6.45, 7) is 8.64. The van der Waals surface area contributed by atoms with Crippen molar-refractivity contribution in [2.75, 3.05) is 6.54 Å². The van der Waals surface area contributed by atoms with Crippen LogP contribution in [0.5, 0.6) is 0 Å². The number of benzene rings is 1. The fraction of sp³-hybridized carbons (Fsp3) is 0.292. The minimum Gasteiger partial charge on any atom is -0.351 e. The molecule has 2 heterocycles. The molecule has 0 saturated heterocycles. The van der Waals surface area contributed by atoms with Crippen molar-refractivity contribution in [1.29, 1.82) is 5.26 Å². The highest BCUT2D eigenvalue weighted by atomic mass is 16.1. The van der Waals surface area contributed by atoms with Crippen LogP contribution in [-0.4, -0.2) is 26.8 Å². The van der Waals surface area contributed by atoms with E-state index in [1.54, 1.807) is 12.3 Å². The number of carbonyl (C=O) groups excluding carboxylic acids is 1. The second kappa shape index (κ2) is 9.27. The monoisotopic (exact) mass is 401 g/mol. The Morgan fingerprint density at radius 3 is 2.63 bits per heavy atom. The summed E-state index contributed by atoms with van der Waals surface area (Å²) in [6, 6.07) is 16.2. The van der Waals surface area contributed by atoms with Crippen LogP contribution in [0.25, 0.3) is 11.9 Å². The van der Waals surface area contributed by atoms with E-state index in [4.69, 9.17) is 0 Å². The molecular formula is C24H27N5O. The van der Waals surface area contributed by atoms with Gasteiger partial charge in [-0.1, -0.05) is 30.3 Å². The summed E-state index contributed by atoms with van der Waals surface area (Å²) in [6.07, 6.45) is 4.16. The Hall–Kier alpha value is -3.59. The minimum absolute atomic E-state index is 0.0979. The second-order valence-electron chi connectivity index (χ2n) is 7.55. The highest BCUT2D eigenvalue weighted by Gasteiger charge is 2.16. The smallest absolute Gasteiger partial charge is 0.261 e. The van der Waals surface area contributed by atoms with Gasteiger partial charge in [-0.05, 0) is 57.4 Å². The lowest BCUT2D eigenvalue weighted by molar-refractivity contribution is -0.117. The molecule has 0 atom stereocenters. The van der Waals surface area contributed by atoms with E-state index in [-0.39, 0.29) is 17.5 Å². The predicted octanol–water partition coefficient (Wildman–Crippen LogP) is 4.14. The maximum Gasteiger partial charge on any atom is 0.261 e. The van der Waals surface area contributed by atoms with Gasteiger partial charge in [0, 0.05) is 30.0 Å². The molecule has 0 saturated carbocycles. The first-order valence-electron chi connectivity index (χ1n) is 10.1. The molecule has 1 N–H and O–H groups in total. The van der Waals surface area contributed by atoms with Crippen LogP contribution >= 0.6 is 0 Å². The summed E-state index contributed by atoms with van der Waals surface area (Å²) in [5.41, 5.74) is 4.06. The van der Waals surface area contributed by atoms with Crippen LogP contribution in [0.3, 0.4) is 0 Å². The number of aryl methyl sites for hydroxylation is 1. The van der Waals surface area contributed by atoms with Crippen LogP contribution in [0.15, 0.2) is 54.2 Å². The molecule has 6 nitrogen and oxygen atoms in total. The normalized spacial score (nSPS) is 11.5. The third-order valence-corrected chi connectivity index (χ3v) is 5.04. The number of hydrogen-bond acceptors (Lipinski definition) is 3. The average molecular weight is 402 g/mol. The van der Waals surface area contributed by atoms with E-state index in [1.807, 2.05) is 67.1 Å². The number of hydrogen-bond donors (Lipinski definition) is 1. The molecular weight excluding hydrogens is 374 g/mol. The van der Waals surface area contributed by atoms with Crippen molar-refractivity contribution in [1.82, 2.24) is 19.7 Å². The van der Waals surface area contributed by atoms with E-state index in [9.17, 15) is 10.1 Å². The number of nitrogens with one attached hydrogen (secondary N) is 1. The molecule has 2 aromatic heterocycles. The third-order valence-electron chi connectivity index (χ3n) is 5.04. The summed E-state index contributed by atoms with van der Waals surface area (Å²) >= 11 is 0. The summed E-state index contributed by atoms with van der Waals surface area (Å²) in [5.74, 6) is 0.607. The first-order valence-corrected chi connectivity index (χ1v) is 10.1. The lowest BCUT2D eigenvalue weighted by atomic mass is 10.1. The number of amides is 1. The van der Waals surface area contributed by atoms with E-state index in [0.717, 1.165) is 34.8 Å². The van der Waals surface area contributed by atoms with Crippen LogP contribution < -0.4 is 5.32 Å². The Morgan fingerprint density at radius 2 is 1.97 bits per heavy atom. The Labute approximate surface area is 177 Å². The van der Waals surface area contributed by atoms with Gasteiger partial charge in [0.2, 0.25) is 0 Å². The molecule has 1 amide bonds. The molecule has 0 radical (unpaired) electrons. The molecule has 0 spiro atoms. The molecule has 6 heteroatoms. The quantitative estimate of drug-likeness (QED) is 0.478. The van der Waals surface area contributed by atoms with Gasteiger partial charge in [0.05, 0.1) is 6.20 Å². The Kier molecular flexibility index (Phi) is 6.53. The molecule has 30 heavy (non-hydrogen) atoms. The van der Waals surface area contributed by atoms with Crippen molar-refractivity contribution >= 4 is 12.0 Å². The van der Waals surface area contributed by atoms with Crippen molar-refractivity contribution in [3.8, 4) is 11.9 Å². The van der Waals surface area contributed by atoms with Gasteiger partial charge in [-0.15, -0.1) is 0 Å². The van der Waals surface area contributed by atoms with Gasteiger partial charge in [-0.2, -0.15) is 10.4 Å². The lowest BCUT2D eigenvalue weighted by Gasteiger charge is -2.15. The maximum atomic E-state index is 12.5. The highest BCUT2D eigenvalue weighted by Crippen LogP contribution is 2.24. The van der Waals surface area contributed by atoms with Gasteiger partial charge >= 0.3 is 0 Å². The maximum absolute atomic E-state index is 12.5. The van der Waals surface area contributed by atoms with Crippen molar-refractivity contribution in [3.63, 3.8) is 0 Å². The zero-order valence-electron chi connectivity index (χ0n) is 17.9. The number of carbonyl (C=O) groups is 1. The van der Waals surface area contributed by atoms with Crippen molar-refractivity contribution < 1.29 is 4.79 Å². The molecule has 0 aliphatic heterocycles. The molecule has 1 aromatic carbocycles. The van der Waals surface area contributed by atoms with Crippen molar-refractivity contribution in [2.45, 2.75) is 40.2 Å². The van der Waals surface area contributed by atoms with Crippen molar-refractivity contribution in [3.05, 3.63) is 76.7 Å². The SMILES string of the molecule is Cc1cc(/C=C(\C#N)C(=O)NCCc2ccccc2)c(C)n1-c1ccnn1C(C)C. The summed E-state index contributed by atoms with van der Waals surface area (Å²) in [7, 11) is 0. The van der Waals surface area contributed by atoms with E-state index in [1.165, 1.54) is 0 Å². The van der Waals surface area contributed by atoms with Gasteiger partial charge in [0.15, 0.2) is 0 Å². The first kappa shape index (κ1) is 21.1. The molecule has 0 unspecified atom stereocenters. The predicted molar refractivity (Wildman–Crippen MR) is 118 cm³/mol. The van der Waals surface area contributed by atoms with E-state index < -0.39 is 0 Å². The number of nitriles is 1. The number of rotatable bonds is 7. The van der Waals surface area contributed by atoms with Gasteiger partial charge in [-0.3, -0.25) is 4.79 Å². The molecule has 0 bridgehead atoms. The zero-order valence-corrected chi connectivity index (χ0v) is 17.9. The summed E-state index contributed by atoms with van der Waals surface area (Å²) in [5, 5.41) is 16.8. The van der Waals surface area contributed by atoms with E-state index >= 15 is 0 Å². The Bertz CT molecular complexity index is 1100. The fourth-order valence-corrected chi connectivity index (χ4v) is 3.53. The highest BCUT2D eigenvalue weighted by molar-refractivity contribution is 6.01. The van der Waals surface area contributed by atoms with Crippen LogP contribution in [0.2, 0.25) is 0 Å². The Balaban J connectivity index is 1.80. The average Bonchev–Trinajstić information content (AvgIpc) is 3.31. The first-order chi connectivity index (χ1) is 14.4. The third kappa shape index (κ3) is 4.52. The summed E-state index contributed by atoms with van der Waals surface area (Å²) in [4.78, 5) is 12.5. The van der Waals surface area contributed by atoms with Crippen LogP contribution in [-0.2, 0) is 11.2 Å². The summed E-state index contributed by atoms with van der Waals surface area (Å²) < 4.78 is 4.05. The Morgan fingerprint density at radius 1 is 1.23 bits per heavy atom. The fourth-order valence-electron chi connectivity index (χ4n) is 3.53. The molecule has 0 aliphatic carbocycles. The van der Waals surface area contributed by atoms with Crippen LogP contribution in [0, 0.1) is 25.2 Å². The van der Waals surface area contributed by atoms with Crippen molar-refractivity contribution in [2.24, 2.45) is 0 Å². The van der Waals surface area contributed by atoms with Crippen LogP contribution in [0.4, 0.5) is 0 Å². The van der Waals surface area contributed by atoms with Gasteiger partial charge in [0.25, 0.3) is 5.91 Å². The minimum atomic E-state index is -0.356. The molecule has 3 aromatic rings. The number of aromatic nitrogens is 3. The van der Waals surface area contributed by atoms with Gasteiger partial charge < -0.3 is 9.88 Å². The molecule has 0 aliphatic rings. The van der Waals surface area contributed by atoms with Gasteiger partial charge in [0.1, 0.15) is 17.5 Å². The zero-order chi connectivity index (χ0) is 21.7. The number of nitrogens with zero attached hydrogens (tertiary/aromatic N) is 4. The van der Waals surface area contributed by atoms with Crippen LogP contribution in [0.1, 0.15) is 42.4 Å². The van der Waals surface area contributed by atoms with Gasteiger partial charge in [-0.25, -0.2) is 4.68 Å². The van der Waals surface area contributed by atoms with E-state index in [0.29, 0.717) is 6.54 Å². The lowest BCUT2D eigenvalue weighted by Crippen LogP contribution is -2.26. The second-order valence-corrected chi connectivity index (χ2v) is 7.55. The standard InChI is InChI=1S/C24H27N5O/c1-17(2)29-23(11-13-27-29)28-18(3)14-21(19(28)4)15-22(16-25)24(30)26-12-10-20-8-6-5-7-9-20/h5-9,11,13-15,17H,10,12H2,1-4H3,(H,26,30)/b22-15+. The topological polar surface area (TPSA) is 75.6 Å². The van der Waals surface area contributed by atoms with E-state index in [2.05, 4.69) is 28.8 Å². The molecule has 154 valence electrons. The molecule has 0 fully saturated rings. The largest absolute Gasteiger partial charge is 0.351 e. The molecule has 3 rings (SSSR count).